The molecule has 2 aromatic carbocycles. The summed E-state index contributed by atoms with van der Waals surface area (Å²) in [7, 11) is 0. The van der Waals surface area contributed by atoms with Crippen molar-refractivity contribution < 1.29 is 4.79 Å². The maximum atomic E-state index is 12.5. The van der Waals surface area contributed by atoms with Crippen molar-refractivity contribution in [2.24, 2.45) is 5.92 Å². The summed E-state index contributed by atoms with van der Waals surface area (Å²) in [6, 6.07) is 18.3. The number of hydrogen-bond acceptors (Lipinski definition) is 3. The molecule has 0 radical (unpaired) electrons. The summed E-state index contributed by atoms with van der Waals surface area (Å²) in [5.74, 6) is -0.0293. The number of rotatable bonds is 4. The first-order chi connectivity index (χ1) is 10.7. The van der Waals surface area contributed by atoms with Crippen LogP contribution in [0, 0.1) is 12.8 Å². The maximum absolute atomic E-state index is 12.5. The largest absolute Gasteiger partial charge is 0.352 e. The lowest BCUT2D eigenvalue weighted by Gasteiger charge is -2.19. The van der Waals surface area contributed by atoms with Crippen LogP contribution in [0.5, 0.6) is 0 Å². The summed E-state index contributed by atoms with van der Waals surface area (Å²) < 4.78 is 0. The van der Waals surface area contributed by atoms with Crippen molar-refractivity contribution >= 4 is 5.91 Å². The van der Waals surface area contributed by atoms with Gasteiger partial charge in [-0.1, -0.05) is 60.2 Å². The number of carbonyl (C=O) groups excluding carboxylic acids is 1. The topological polar surface area (TPSA) is 53.2 Å². The molecular formula is C18H21N3O. The van der Waals surface area contributed by atoms with E-state index in [0.29, 0.717) is 13.1 Å². The zero-order chi connectivity index (χ0) is 15.4. The summed E-state index contributed by atoms with van der Waals surface area (Å²) >= 11 is 0. The first-order valence-electron chi connectivity index (χ1n) is 7.60. The Bertz CT molecular complexity index is 642. The second-order valence-electron chi connectivity index (χ2n) is 5.73. The normalized spacial score (nSPS) is 20.8. The van der Waals surface area contributed by atoms with Crippen molar-refractivity contribution in [1.29, 1.82) is 0 Å². The van der Waals surface area contributed by atoms with E-state index in [1.54, 1.807) is 0 Å². The number of carbonyl (C=O) groups is 1. The molecule has 3 rings (SSSR count). The maximum Gasteiger partial charge on any atom is 0.226 e. The van der Waals surface area contributed by atoms with Gasteiger partial charge in [0.2, 0.25) is 5.91 Å². The molecule has 3 N–H and O–H groups in total. The molecule has 0 bridgehead atoms. The van der Waals surface area contributed by atoms with Gasteiger partial charge in [-0.15, -0.1) is 0 Å². The van der Waals surface area contributed by atoms with E-state index in [1.807, 2.05) is 36.4 Å². The van der Waals surface area contributed by atoms with Crippen LogP contribution in [0.2, 0.25) is 0 Å². The molecule has 22 heavy (non-hydrogen) atoms. The number of aryl methyl sites for hydroxylation is 1. The lowest BCUT2D eigenvalue weighted by Crippen LogP contribution is -2.34. The average Bonchev–Trinajstić information content (AvgIpc) is 3.03. The Labute approximate surface area is 130 Å². The highest BCUT2D eigenvalue weighted by atomic mass is 16.2. The number of amides is 1. The van der Waals surface area contributed by atoms with Gasteiger partial charge in [-0.2, -0.15) is 0 Å². The number of benzene rings is 2. The van der Waals surface area contributed by atoms with Gasteiger partial charge in [-0.3, -0.25) is 10.2 Å². The molecule has 0 saturated carbocycles. The molecule has 0 aromatic heterocycles. The minimum atomic E-state index is -0.106. The smallest absolute Gasteiger partial charge is 0.226 e. The summed E-state index contributed by atoms with van der Waals surface area (Å²) in [5.41, 5.74) is 9.79. The molecule has 2 aromatic rings. The van der Waals surface area contributed by atoms with Gasteiger partial charge in [0.25, 0.3) is 0 Å². The minimum Gasteiger partial charge on any atom is -0.352 e. The summed E-state index contributed by atoms with van der Waals surface area (Å²) in [5, 5.41) is 3.04. The molecule has 1 aliphatic rings. The minimum absolute atomic E-state index is 0.00988. The van der Waals surface area contributed by atoms with Crippen LogP contribution in [0.15, 0.2) is 54.6 Å². The van der Waals surface area contributed by atoms with E-state index in [9.17, 15) is 4.79 Å². The highest BCUT2D eigenvalue weighted by molar-refractivity contribution is 5.80. The SMILES string of the molecule is Cc1cccc(C2NNCC2C(=O)NCc2ccccc2)c1. The van der Waals surface area contributed by atoms with Gasteiger partial charge in [0.15, 0.2) is 0 Å². The van der Waals surface area contributed by atoms with E-state index in [0.717, 1.165) is 11.1 Å². The molecule has 2 unspecified atom stereocenters. The predicted molar refractivity (Wildman–Crippen MR) is 86.8 cm³/mol. The van der Waals surface area contributed by atoms with E-state index in [-0.39, 0.29) is 17.9 Å². The van der Waals surface area contributed by atoms with Crippen LogP contribution in [0.1, 0.15) is 22.7 Å². The van der Waals surface area contributed by atoms with Crippen molar-refractivity contribution in [1.82, 2.24) is 16.2 Å². The van der Waals surface area contributed by atoms with Crippen molar-refractivity contribution in [2.75, 3.05) is 6.54 Å². The third kappa shape index (κ3) is 3.35. The van der Waals surface area contributed by atoms with Gasteiger partial charge in [-0.05, 0) is 18.1 Å². The van der Waals surface area contributed by atoms with E-state index in [1.165, 1.54) is 5.56 Å². The molecule has 1 aliphatic heterocycles. The second kappa shape index (κ2) is 6.73. The molecule has 0 spiro atoms. The van der Waals surface area contributed by atoms with Crippen molar-refractivity contribution in [3.63, 3.8) is 0 Å². The molecule has 4 heteroatoms. The van der Waals surface area contributed by atoms with Gasteiger partial charge < -0.3 is 5.32 Å². The summed E-state index contributed by atoms with van der Waals surface area (Å²) in [6.45, 7) is 3.27. The molecule has 1 heterocycles. The van der Waals surface area contributed by atoms with Crippen LogP contribution in [-0.4, -0.2) is 12.5 Å². The number of hydrogen-bond donors (Lipinski definition) is 3. The Morgan fingerprint density at radius 3 is 2.77 bits per heavy atom. The second-order valence-corrected chi connectivity index (χ2v) is 5.73. The molecular weight excluding hydrogens is 274 g/mol. The molecule has 4 nitrogen and oxygen atoms in total. The van der Waals surface area contributed by atoms with E-state index in [2.05, 4.69) is 41.3 Å². The molecule has 1 fully saturated rings. The van der Waals surface area contributed by atoms with Crippen LogP contribution >= 0.6 is 0 Å². The van der Waals surface area contributed by atoms with Crippen LogP contribution in [0.4, 0.5) is 0 Å². The van der Waals surface area contributed by atoms with Gasteiger partial charge in [-0.25, -0.2) is 5.43 Å². The lowest BCUT2D eigenvalue weighted by atomic mass is 9.93. The van der Waals surface area contributed by atoms with Gasteiger partial charge in [0, 0.05) is 13.1 Å². The first-order valence-corrected chi connectivity index (χ1v) is 7.60. The van der Waals surface area contributed by atoms with Crippen LogP contribution < -0.4 is 16.2 Å². The predicted octanol–water partition coefficient (Wildman–Crippen LogP) is 2.08. The Morgan fingerprint density at radius 2 is 2.00 bits per heavy atom. The summed E-state index contributed by atoms with van der Waals surface area (Å²) in [6.07, 6.45) is 0. The zero-order valence-corrected chi connectivity index (χ0v) is 12.7. The van der Waals surface area contributed by atoms with Crippen molar-refractivity contribution in [3.05, 3.63) is 71.3 Å². The third-order valence-electron chi connectivity index (χ3n) is 4.03. The first kappa shape index (κ1) is 14.8. The molecule has 1 amide bonds. The van der Waals surface area contributed by atoms with Crippen LogP contribution in [-0.2, 0) is 11.3 Å². The Balaban J connectivity index is 1.66. The van der Waals surface area contributed by atoms with E-state index >= 15 is 0 Å². The van der Waals surface area contributed by atoms with Gasteiger partial charge in [0.05, 0.1) is 12.0 Å². The van der Waals surface area contributed by atoms with Crippen LogP contribution in [0.25, 0.3) is 0 Å². The standard InChI is InChI=1S/C18H21N3O/c1-13-6-5-9-15(10-13)17-16(12-20-21-17)18(22)19-11-14-7-3-2-4-8-14/h2-10,16-17,20-21H,11-12H2,1H3,(H,19,22). The fourth-order valence-electron chi connectivity index (χ4n) is 2.84. The number of hydrazine groups is 1. The monoisotopic (exact) mass is 295 g/mol. The molecule has 2 atom stereocenters. The lowest BCUT2D eigenvalue weighted by molar-refractivity contribution is -0.125. The quantitative estimate of drug-likeness (QED) is 0.809. The Hall–Kier alpha value is -2.17. The van der Waals surface area contributed by atoms with Crippen molar-refractivity contribution in [3.8, 4) is 0 Å². The number of nitrogens with one attached hydrogen (secondary N) is 3. The fraction of sp³-hybridized carbons (Fsp3) is 0.278. The molecule has 0 aliphatic carbocycles. The highest BCUT2D eigenvalue weighted by Gasteiger charge is 2.33. The molecule has 114 valence electrons. The van der Waals surface area contributed by atoms with E-state index in [4.69, 9.17) is 0 Å². The molecule has 1 saturated heterocycles. The highest BCUT2D eigenvalue weighted by Crippen LogP contribution is 2.25. The van der Waals surface area contributed by atoms with Crippen molar-refractivity contribution in [2.45, 2.75) is 19.5 Å². The van der Waals surface area contributed by atoms with Crippen LogP contribution in [0.3, 0.4) is 0 Å². The van der Waals surface area contributed by atoms with Gasteiger partial charge in [0.1, 0.15) is 0 Å². The van der Waals surface area contributed by atoms with Gasteiger partial charge >= 0.3 is 0 Å². The Kier molecular flexibility index (Phi) is 4.51. The zero-order valence-electron chi connectivity index (χ0n) is 12.7. The third-order valence-corrected chi connectivity index (χ3v) is 4.03. The average molecular weight is 295 g/mol. The Morgan fingerprint density at radius 1 is 1.18 bits per heavy atom. The summed E-state index contributed by atoms with van der Waals surface area (Å²) in [4.78, 5) is 12.5. The van der Waals surface area contributed by atoms with E-state index < -0.39 is 0 Å². The fourth-order valence-corrected chi connectivity index (χ4v) is 2.84.